The van der Waals surface area contributed by atoms with Gasteiger partial charge in [-0.3, -0.25) is 0 Å². The highest BCUT2D eigenvalue weighted by atomic mass is 32.2. The first-order valence-electron chi connectivity index (χ1n) is 6.45. The van der Waals surface area contributed by atoms with E-state index in [4.69, 9.17) is 9.47 Å². The largest absolute Gasteiger partial charge is 0.497 e. The second kappa shape index (κ2) is 7.02. The van der Waals surface area contributed by atoms with Crippen LogP contribution in [0.25, 0.3) is 0 Å². The van der Waals surface area contributed by atoms with Crippen molar-refractivity contribution in [1.82, 2.24) is 5.32 Å². The van der Waals surface area contributed by atoms with Crippen molar-refractivity contribution in [1.29, 1.82) is 0 Å². The van der Waals surface area contributed by atoms with Crippen LogP contribution < -0.4 is 10.1 Å². The molecule has 1 N–H and O–H groups in total. The molecule has 1 aliphatic rings. The molecule has 0 aromatic heterocycles. The molecule has 1 aliphatic heterocycles. The second-order valence-electron chi connectivity index (χ2n) is 4.36. The Morgan fingerprint density at radius 1 is 1.50 bits per heavy atom. The predicted molar refractivity (Wildman–Crippen MR) is 75.5 cm³/mol. The van der Waals surface area contributed by atoms with Crippen LogP contribution in [-0.4, -0.2) is 38.2 Å². The highest BCUT2D eigenvalue weighted by molar-refractivity contribution is 8.00. The molecule has 1 saturated heterocycles. The zero-order valence-electron chi connectivity index (χ0n) is 11.0. The standard InChI is InChI=1S/C14H21NO2S/c1-3-15-13-7-8-17-10-14(13)18-12-6-4-5-11(9-12)16-2/h4-6,9,13-15H,3,7-8,10H2,1-2H3. The summed E-state index contributed by atoms with van der Waals surface area (Å²) in [4.78, 5) is 1.24. The lowest BCUT2D eigenvalue weighted by Crippen LogP contribution is -2.44. The molecular weight excluding hydrogens is 246 g/mol. The molecule has 1 aromatic carbocycles. The van der Waals surface area contributed by atoms with Crippen LogP contribution in [0, 0.1) is 0 Å². The number of thioether (sulfide) groups is 1. The van der Waals surface area contributed by atoms with E-state index in [-0.39, 0.29) is 0 Å². The summed E-state index contributed by atoms with van der Waals surface area (Å²) >= 11 is 1.87. The van der Waals surface area contributed by atoms with Crippen molar-refractivity contribution in [2.24, 2.45) is 0 Å². The zero-order valence-corrected chi connectivity index (χ0v) is 11.8. The Kier molecular flexibility index (Phi) is 5.35. The Morgan fingerprint density at radius 2 is 2.39 bits per heavy atom. The number of ether oxygens (including phenoxy) is 2. The monoisotopic (exact) mass is 267 g/mol. The Labute approximate surface area is 113 Å². The molecule has 0 radical (unpaired) electrons. The minimum Gasteiger partial charge on any atom is -0.497 e. The summed E-state index contributed by atoms with van der Waals surface area (Å²) in [6, 6.07) is 8.77. The zero-order chi connectivity index (χ0) is 12.8. The first-order chi connectivity index (χ1) is 8.83. The molecule has 1 fully saturated rings. The van der Waals surface area contributed by atoms with E-state index in [0.29, 0.717) is 11.3 Å². The van der Waals surface area contributed by atoms with E-state index < -0.39 is 0 Å². The van der Waals surface area contributed by atoms with Gasteiger partial charge >= 0.3 is 0 Å². The number of hydrogen-bond acceptors (Lipinski definition) is 4. The van der Waals surface area contributed by atoms with Gasteiger partial charge in [0.2, 0.25) is 0 Å². The third-order valence-corrected chi connectivity index (χ3v) is 4.39. The maximum atomic E-state index is 5.60. The lowest BCUT2D eigenvalue weighted by Gasteiger charge is -2.31. The van der Waals surface area contributed by atoms with Crippen LogP contribution in [-0.2, 0) is 4.74 Å². The van der Waals surface area contributed by atoms with Crippen LogP contribution in [0.2, 0.25) is 0 Å². The van der Waals surface area contributed by atoms with Gasteiger partial charge in [0.15, 0.2) is 0 Å². The molecule has 0 spiro atoms. The summed E-state index contributed by atoms with van der Waals surface area (Å²) in [5.74, 6) is 0.914. The Hall–Kier alpha value is -0.710. The fraction of sp³-hybridized carbons (Fsp3) is 0.571. The lowest BCUT2D eigenvalue weighted by atomic mass is 10.1. The normalized spacial score (nSPS) is 23.9. The minimum absolute atomic E-state index is 0.478. The highest BCUT2D eigenvalue weighted by Crippen LogP contribution is 2.30. The maximum Gasteiger partial charge on any atom is 0.119 e. The van der Waals surface area contributed by atoms with Gasteiger partial charge in [-0.1, -0.05) is 13.0 Å². The van der Waals surface area contributed by atoms with E-state index in [1.165, 1.54) is 4.90 Å². The number of benzene rings is 1. The Bertz CT molecular complexity index is 371. The van der Waals surface area contributed by atoms with Gasteiger partial charge < -0.3 is 14.8 Å². The van der Waals surface area contributed by atoms with Gasteiger partial charge in [-0.25, -0.2) is 0 Å². The third-order valence-electron chi connectivity index (χ3n) is 3.10. The van der Waals surface area contributed by atoms with Gasteiger partial charge in [0.25, 0.3) is 0 Å². The van der Waals surface area contributed by atoms with Crippen LogP contribution in [0.1, 0.15) is 13.3 Å². The molecule has 0 bridgehead atoms. The minimum atomic E-state index is 0.478. The fourth-order valence-corrected chi connectivity index (χ4v) is 3.42. The van der Waals surface area contributed by atoms with Crippen molar-refractivity contribution < 1.29 is 9.47 Å². The van der Waals surface area contributed by atoms with E-state index in [0.717, 1.165) is 31.9 Å². The van der Waals surface area contributed by atoms with Crippen LogP contribution >= 0.6 is 11.8 Å². The smallest absolute Gasteiger partial charge is 0.119 e. The first kappa shape index (κ1) is 13.7. The molecule has 0 amide bonds. The average molecular weight is 267 g/mol. The quantitative estimate of drug-likeness (QED) is 0.888. The molecule has 100 valence electrons. The van der Waals surface area contributed by atoms with Crippen molar-refractivity contribution in [2.45, 2.75) is 29.5 Å². The summed E-state index contributed by atoms with van der Waals surface area (Å²) < 4.78 is 10.9. The van der Waals surface area contributed by atoms with Crippen LogP contribution in [0.3, 0.4) is 0 Å². The van der Waals surface area contributed by atoms with Gasteiger partial charge in [0.1, 0.15) is 5.75 Å². The van der Waals surface area contributed by atoms with Crippen LogP contribution in [0.4, 0.5) is 0 Å². The van der Waals surface area contributed by atoms with Gasteiger partial charge in [0.05, 0.1) is 13.7 Å². The van der Waals surface area contributed by atoms with Crippen molar-refractivity contribution in [3.8, 4) is 5.75 Å². The molecule has 18 heavy (non-hydrogen) atoms. The van der Waals surface area contributed by atoms with E-state index in [2.05, 4.69) is 24.4 Å². The van der Waals surface area contributed by atoms with Crippen molar-refractivity contribution >= 4 is 11.8 Å². The van der Waals surface area contributed by atoms with Gasteiger partial charge in [0, 0.05) is 22.8 Å². The molecule has 2 rings (SSSR count). The summed E-state index contributed by atoms with van der Waals surface area (Å²) in [6.45, 7) is 4.86. The number of nitrogens with one attached hydrogen (secondary N) is 1. The molecular formula is C14H21NO2S. The van der Waals surface area contributed by atoms with Crippen molar-refractivity contribution in [3.05, 3.63) is 24.3 Å². The summed E-state index contributed by atoms with van der Waals surface area (Å²) in [5.41, 5.74) is 0. The average Bonchev–Trinajstić information content (AvgIpc) is 2.41. The summed E-state index contributed by atoms with van der Waals surface area (Å²) in [7, 11) is 1.70. The highest BCUT2D eigenvalue weighted by Gasteiger charge is 2.25. The Balaban J connectivity index is 2.01. The third kappa shape index (κ3) is 3.64. The van der Waals surface area contributed by atoms with E-state index in [9.17, 15) is 0 Å². The van der Waals surface area contributed by atoms with Crippen LogP contribution in [0.5, 0.6) is 5.75 Å². The second-order valence-corrected chi connectivity index (χ2v) is 5.68. The fourth-order valence-electron chi connectivity index (χ4n) is 2.17. The molecule has 1 aromatic rings. The van der Waals surface area contributed by atoms with E-state index in [1.54, 1.807) is 7.11 Å². The number of rotatable bonds is 5. The maximum absolute atomic E-state index is 5.60. The molecule has 0 aliphatic carbocycles. The molecule has 0 saturated carbocycles. The van der Waals surface area contributed by atoms with Gasteiger partial charge in [-0.05, 0) is 31.2 Å². The summed E-state index contributed by atoms with van der Waals surface area (Å²) in [6.07, 6.45) is 1.09. The van der Waals surface area contributed by atoms with Crippen molar-refractivity contribution in [2.75, 3.05) is 26.9 Å². The lowest BCUT2D eigenvalue weighted by molar-refractivity contribution is 0.0837. The predicted octanol–water partition coefficient (Wildman–Crippen LogP) is 2.55. The molecule has 2 unspecified atom stereocenters. The summed E-state index contributed by atoms with van der Waals surface area (Å²) in [5, 5.41) is 4.03. The molecule has 3 nitrogen and oxygen atoms in total. The van der Waals surface area contributed by atoms with Gasteiger partial charge in [-0.15, -0.1) is 11.8 Å². The number of hydrogen-bond donors (Lipinski definition) is 1. The van der Waals surface area contributed by atoms with Gasteiger partial charge in [-0.2, -0.15) is 0 Å². The topological polar surface area (TPSA) is 30.5 Å². The van der Waals surface area contributed by atoms with Crippen LogP contribution in [0.15, 0.2) is 29.2 Å². The molecule has 2 atom stereocenters. The molecule has 4 heteroatoms. The first-order valence-corrected chi connectivity index (χ1v) is 7.33. The van der Waals surface area contributed by atoms with E-state index in [1.807, 2.05) is 23.9 Å². The molecule has 1 heterocycles. The number of methoxy groups -OCH3 is 1. The Morgan fingerprint density at radius 3 is 3.17 bits per heavy atom. The SMILES string of the molecule is CCNC1CCOCC1Sc1cccc(OC)c1. The van der Waals surface area contributed by atoms with E-state index >= 15 is 0 Å². The van der Waals surface area contributed by atoms with Crippen molar-refractivity contribution in [3.63, 3.8) is 0 Å².